The first kappa shape index (κ1) is 14.4. The van der Waals surface area contributed by atoms with Crippen LogP contribution < -0.4 is 0 Å². The number of ketones is 1. The zero-order valence-corrected chi connectivity index (χ0v) is 10.2. The van der Waals surface area contributed by atoms with E-state index in [0.717, 1.165) is 12.3 Å². The lowest BCUT2D eigenvalue weighted by Gasteiger charge is -2.26. The van der Waals surface area contributed by atoms with Crippen molar-refractivity contribution in [3.8, 4) is 0 Å². The Hall–Kier alpha value is -1.99. The smallest absolute Gasteiger partial charge is 0.338 e. The molecule has 2 rings (SSSR count). The number of nitrogens with zero attached hydrogens (tertiary/aromatic N) is 2. The SMILES string of the molecule is O=C1CCN(C(=O)c2ccnc(C(F)(F)F)c2F)CC1. The van der Waals surface area contributed by atoms with Crippen LogP contribution in [0.1, 0.15) is 28.9 Å². The predicted molar refractivity (Wildman–Crippen MR) is 59.3 cm³/mol. The van der Waals surface area contributed by atoms with Gasteiger partial charge in [-0.15, -0.1) is 0 Å². The highest BCUT2D eigenvalue weighted by Gasteiger charge is 2.38. The molecule has 1 aromatic rings. The maximum Gasteiger partial charge on any atom is 0.436 e. The van der Waals surface area contributed by atoms with Crippen LogP contribution in [0.25, 0.3) is 0 Å². The first-order chi connectivity index (χ1) is 9.30. The maximum absolute atomic E-state index is 13.8. The van der Waals surface area contributed by atoms with Gasteiger partial charge in [-0.05, 0) is 6.07 Å². The summed E-state index contributed by atoms with van der Waals surface area (Å²) in [6.45, 7) is 0.168. The zero-order valence-electron chi connectivity index (χ0n) is 10.2. The Morgan fingerprint density at radius 1 is 1.25 bits per heavy atom. The van der Waals surface area contributed by atoms with Crippen LogP contribution in [-0.2, 0) is 11.0 Å². The third kappa shape index (κ3) is 2.78. The summed E-state index contributed by atoms with van der Waals surface area (Å²) in [5.74, 6) is -2.56. The van der Waals surface area contributed by atoms with Crippen LogP contribution in [0, 0.1) is 5.82 Å². The molecule has 0 saturated carbocycles. The lowest BCUT2D eigenvalue weighted by atomic mass is 10.1. The van der Waals surface area contributed by atoms with Crippen LogP contribution in [0.4, 0.5) is 17.6 Å². The summed E-state index contributed by atoms with van der Waals surface area (Å²) in [5.41, 5.74) is -2.39. The van der Waals surface area contributed by atoms with Crippen LogP contribution >= 0.6 is 0 Å². The van der Waals surface area contributed by atoms with Gasteiger partial charge in [-0.2, -0.15) is 13.2 Å². The van der Waals surface area contributed by atoms with Crippen molar-refractivity contribution in [2.75, 3.05) is 13.1 Å². The highest BCUT2D eigenvalue weighted by molar-refractivity contribution is 5.95. The second-order valence-electron chi connectivity index (χ2n) is 4.35. The first-order valence-electron chi connectivity index (χ1n) is 5.83. The van der Waals surface area contributed by atoms with Crippen molar-refractivity contribution < 1.29 is 27.2 Å². The number of hydrogen-bond donors (Lipinski definition) is 0. The number of piperidine rings is 1. The Kier molecular flexibility index (Phi) is 3.74. The molecule has 2 heterocycles. The van der Waals surface area contributed by atoms with Gasteiger partial charge in [-0.3, -0.25) is 9.59 Å². The number of carbonyl (C=O) groups is 2. The Labute approximate surface area is 111 Å². The van der Waals surface area contributed by atoms with Crippen molar-refractivity contribution in [1.29, 1.82) is 0 Å². The molecule has 0 spiro atoms. The molecular formula is C12H10F4N2O2. The monoisotopic (exact) mass is 290 g/mol. The number of carbonyl (C=O) groups excluding carboxylic acids is 2. The minimum atomic E-state index is -4.96. The number of aromatic nitrogens is 1. The minimum absolute atomic E-state index is 0.0276. The molecule has 1 aliphatic heterocycles. The topological polar surface area (TPSA) is 50.3 Å². The zero-order chi connectivity index (χ0) is 14.9. The molecule has 1 amide bonds. The Balaban J connectivity index is 2.29. The fourth-order valence-corrected chi connectivity index (χ4v) is 1.94. The van der Waals surface area contributed by atoms with Crippen LogP contribution in [0.15, 0.2) is 12.3 Å². The standard InChI is InChI=1S/C12H10F4N2O2/c13-9-8(1-4-17-10(9)12(14,15)16)11(20)18-5-2-7(19)3-6-18/h1,4H,2-3,5-6H2. The molecule has 0 unspecified atom stereocenters. The molecule has 108 valence electrons. The molecule has 4 nitrogen and oxygen atoms in total. The van der Waals surface area contributed by atoms with Gasteiger partial charge in [-0.1, -0.05) is 0 Å². The second kappa shape index (κ2) is 5.18. The summed E-state index contributed by atoms with van der Waals surface area (Å²) in [6.07, 6.45) is -3.96. The largest absolute Gasteiger partial charge is 0.436 e. The van der Waals surface area contributed by atoms with E-state index in [1.807, 2.05) is 0 Å². The molecular weight excluding hydrogens is 280 g/mol. The quantitative estimate of drug-likeness (QED) is 0.744. The van der Waals surface area contributed by atoms with E-state index in [2.05, 4.69) is 4.98 Å². The number of alkyl halides is 3. The Morgan fingerprint density at radius 3 is 2.40 bits per heavy atom. The first-order valence-corrected chi connectivity index (χ1v) is 5.83. The summed E-state index contributed by atoms with van der Waals surface area (Å²) in [7, 11) is 0. The summed E-state index contributed by atoms with van der Waals surface area (Å²) in [4.78, 5) is 27.1. The normalized spacial score (nSPS) is 16.4. The summed E-state index contributed by atoms with van der Waals surface area (Å²) in [6, 6.07) is 0.906. The van der Waals surface area contributed by atoms with Gasteiger partial charge < -0.3 is 4.90 Å². The van der Waals surface area contributed by atoms with E-state index in [1.165, 1.54) is 4.90 Å². The summed E-state index contributed by atoms with van der Waals surface area (Å²) in [5, 5.41) is 0. The van der Waals surface area contributed by atoms with Gasteiger partial charge in [0.2, 0.25) is 0 Å². The third-order valence-corrected chi connectivity index (χ3v) is 3.00. The average molecular weight is 290 g/mol. The Bertz CT molecular complexity index is 547. The molecule has 0 atom stereocenters. The predicted octanol–water partition coefficient (Wildman–Crippen LogP) is 2.04. The number of halogens is 4. The van der Waals surface area contributed by atoms with Gasteiger partial charge in [0.1, 0.15) is 5.78 Å². The van der Waals surface area contributed by atoms with E-state index in [1.54, 1.807) is 0 Å². The molecule has 8 heteroatoms. The van der Waals surface area contributed by atoms with Crippen molar-refractivity contribution in [1.82, 2.24) is 9.88 Å². The van der Waals surface area contributed by atoms with Gasteiger partial charge in [0.15, 0.2) is 11.5 Å². The number of hydrogen-bond acceptors (Lipinski definition) is 3. The number of amides is 1. The molecule has 1 aromatic heterocycles. The molecule has 0 aliphatic carbocycles. The van der Waals surface area contributed by atoms with Crippen molar-refractivity contribution in [2.24, 2.45) is 0 Å². The van der Waals surface area contributed by atoms with Crippen molar-refractivity contribution in [3.05, 3.63) is 29.3 Å². The third-order valence-electron chi connectivity index (χ3n) is 3.00. The van der Waals surface area contributed by atoms with Crippen molar-refractivity contribution in [3.63, 3.8) is 0 Å². The van der Waals surface area contributed by atoms with Gasteiger partial charge in [0, 0.05) is 32.1 Å². The fraction of sp³-hybridized carbons (Fsp3) is 0.417. The number of likely N-dealkylation sites (tertiary alicyclic amines) is 1. The van der Waals surface area contributed by atoms with Gasteiger partial charge in [0.05, 0.1) is 5.56 Å². The summed E-state index contributed by atoms with van der Waals surface area (Å²) >= 11 is 0. The fourth-order valence-electron chi connectivity index (χ4n) is 1.94. The lowest BCUT2D eigenvalue weighted by Crippen LogP contribution is -2.39. The van der Waals surface area contributed by atoms with E-state index in [-0.39, 0.29) is 31.7 Å². The molecule has 1 aliphatic rings. The van der Waals surface area contributed by atoms with Gasteiger partial charge in [-0.25, -0.2) is 9.37 Å². The summed E-state index contributed by atoms with van der Waals surface area (Å²) < 4.78 is 51.3. The van der Waals surface area contributed by atoms with E-state index < -0.39 is 29.2 Å². The van der Waals surface area contributed by atoms with Gasteiger partial charge in [0.25, 0.3) is 5.91 Å². The molecule has 0 aromatic carbocycles. The maximum atomic E-state index is 13.8. The van der Waals surface area contributed by atoms with E-state index >= 15 is 0 Å². The number of pyridine rings is 1. The van der Waals surface area contributed by atoms with E-state index in [4.69, 9.17) is 0 Å². The van der Waals surface area contributed by atoms with Crippen LogP contribution in [0.3, 0.4) is 0 Å². The van der Waals surface area contributed by atoms with Gasteiger partial charge >= 0.3 is 6.18 Å². The minimum Gasteiger partial charge on any atom is -0.338 e. The highest BCUT2D eigenvalue weighted by atomic mass is 19.4. The molecule has 0 radical (unpaired) electrons. The number of Topliss-reactive ketones (excluding diaryl/α,β-unsaturated/α-hetero) is 1. The second-order valence-corrected chi connectivity index (χ2v) is 4.35. The molecule has 0 N–H and O–H groups in total. The molecule has 1 saturated heterocycles. The van der Waals surface area contributed by atoms with E-state index in [0.29, 0.717) is 0 Å². The van der Waals surface area contributed by atoms with Crippen LogP contribution in [0.5, 0.6) is 0 Å². The lowest BCUT2D eigenvalue weighted by molar-refractivity contribution is -0.143. The highest BCUT2D eigenvalue weighted by Crippen LogP contribution is 2.31. The van der Waals surface area contributed by atoms with Crippen molar-refractivity contribution in [2.45, 2.75) is 19.0 Å². The molecule has 20 heavy (non-hydrogen) atoms. The average Bonchev–Trinajstić information content (AvgIpc) is 2.37. The van der Waals surface area contributed by atoms with Crippen LogP contribution in [-0.4, -0.2) is 34.7 Å². The van der Waals surface area contributed by atoms with Crippen molar-refractivity contribution >= 4 is 11.7 Å². The van der Waals surface area contributed by atoms with Crippen LogP contribution in [0.2, 0.25) is 0 Å². The molecule has 1 fully saturated rings. The molecule has 0 bridgehead atoms. The van der Waals surface area contributed by atoms with E-state index in [9.17, 15) is 27.2 Å². The Morgan fingerprint density at radius 2 is 1.85 bits per heavy atom. The number of rotatable bonds is 1.